The molecule has 1 aromatic carbocycles. The Bertz CT molecular complexity index is 927. The van der Waals surface area contributed by atoms with E-state index >= 15 is 0 Å². The molecule has 2 aromatic rings. The number of esters is 1. The molecule has 2 atom stereocenters. The van der Waals surface area contributed by atoms with Gasteiger partial charge in [0.25, 0.3) is 5.91 Å². The highest BCUT2D eigenvalue weighted by Crippen LogP contribution is 2.41. The zero-order chi connectivity index (χ0) is 20.4. The lowest BCUT2D eigenvalue weighted by atomic mass is 10.1. The van der Waals surface area contributed by atoms with Crippen molar-refractivity contribution in [2.45, 2.75) is 37.6 Å². The van der Waals surface area contributed by atoms with Crippen LogP contribution in [0.3, 0.4) is 0 Å². The van der Waals surface area contributed by atoms with Gasteiger partial charge in [0.05, 0.1) is 6.26 Å². The molecule has 0 spiro atoms. The van der Waals surface area contributed by atoms with Crippen LogP contribution in [0.25, 0.3) is 0 Å². The lowest BCUT2D eigenvalue weighted by Gasteiger charge is -2.25. The number of thioether (sulfide) groups is 1. The van der Waals surface area contributed by atoms with Crippen molar-refractivity contribution in [2.24, 2.45) is 0 Å². The van der Waals surface area contributed by atoms with E-state index in [0.29, 0.717) is 17.2 Å². The lowest BCUT2D eigenvalue weighted by Crippen LogP contribution is -2.43. The third kappa shape index (κ3) is 4.17. The van der Waals surface area contributed by atoms with Crippen LogP contribution in [0, 0.1) is 0 Å². The van der Waals surface area contributed by atoms with Crippen molar-refractivity contribution in [1.29, 1.82) is 0 Å². The molecule has 1 aliphatic carbocycles. The Kier molecular flexibility index (Phi) is 5.62. The zero-order valence-corrected chi connectivity index (χ0v) is 16.9. The second-order valence-corrected chi connectivity index (χ2v) is 8.25. The third-order valence-electron chi connectivity index (χ3n) is 5.15. The van der Waals surface area contributed by atoms with Gasteiger partial charge in [0.1, 0.15) is 17.2 Å². The van der Waals surface area contributed by atoms with E-state index in [1.807, 2.05) is 18.2 Å². The summed E-state index contributed by atoms with van der Waals surface area (Å²) in [7, 11) is 0. The summed E-state index contributed by atoms with van der Waals surface area (Å²) in [5, 5.41) is 2.39. The molecule has 152 valence electrons. The number of benzene rings is 1. The van der Waals surface area contributed by atoms with Gasteiger partial charge in [-0.15, -0.1) is 11.8 Å². The Morgan fingerprint density at radius 2 is 2.07 bits per heavy atom. The fraction of sp³-hybridized carbons (Fsp3) is 0.381. The van der Waals surface area contributed by atoms with Crippen molar-refractivity contribution in [1.82, 2.24) is 4.90 Å². The van der Waals surface area contributed by atoms with Crippen molar-refractivity contribution >= 4 is 35.2 Å². The molecule has 4 rings (SSSR count). The number of aryl methyl sites for hydroxylation is 2. The molecule has 1 aliphatic heterocycles. The molecule has 7 nitrogen and oxygen atoms in total. The number of nitrogens with zero attached hydrogens (tertiary/aromatic N) is 1. The Morgan fingerprint density at radius 3 is 2.83 bits per heavy atom. The predicted molar refractivity (Wildman–Crippen MR) is 108 cm³/mol. The molecule has 29 heavy (non-hydrogen) atoms. The van der Waals surface area contributed by atoms with Crippen LogP contribution in [-0.4, -0.2) is 41.1 Å². The maximum absolute atomic E-state index is 12.5. The molecule has 0 saturated carbocycles. The molecule has 2 heterocycles. The van der Waals surface area contributed by atoms with Gasteiger partial charge in [-0.25, -0.2) is 4.79 Å². The van der Waals surface area contributed by atoms with Crippen molar-refractivity contribution in [3.8, 4) is 0 Å². The van der Waals surface area contributed by atoms with Crippen LogP contribution >= 0.6 is 11.8 Å². The molecule has 1 N–H and O–H groups in total. The summed E-state index contributed by atoms with van der Waals surface area (Å²) in [6.07, 6.45) is 4.76. The molecule has 1 saturated heterocycles. The zero-order valence-electron chi connectivity index (χ0n) is 16.1. The number of ether oxygens (including phenoxy) is 1. The van der Waals surface area contributed by atoms with E-state index in [0.717, 1.165) is 19.3 Å². The normalized spacial score (nSPS) is 20.4. The number of rotatable bonds is 5. The number of fused-ring (bicyclic) bond motifs is 1. The number of nitrogens with one attached hydrogen (secondary N) is 1. The van der Waals surface area contributed by atoms with Gasteiger partial charge in [0.2, 0.25) is 5.91 Å². The van der Waals surface area contributed by atoms with E-state index in [9.17, 15) is 14.4 Å². The van der Waals surface area contributed by atoms with Crippen LogP contribution in [0.5, 0.6) is 0 Å². The predicted octanol–water partition coefficient (Wildman–Crippen LogP) is 2.91. The molecule has 0 unspecified atom stereocenters. The first-order valence-corrected chi connectivity index (χ1v) is 10.6. The molecule has 2 amide bonds. The molecular formula is C21H22N2O5S. The molecule has 0 radical (unpaired) electrons. The van der Waals surface area contributed by atoms with E-state index in [-0.39, 0.29) is 11.3 Å². The minimum Gasteiger partial charge on any atom is -0.466 e. The quantitative estimate of drug-likeness (QED) is 0.757. The minimum absolute atomic E-state index is 0.249. The first kappa shape index (κ1) is 19.6. The smallest absolute Gasteiger partial charge is 0.330 e. The highest BCUT2D eigenvalue weighted by molar-refractivity contribution is 7.99. The van der Waals surface area contributed by atoms with Crippen LogP contribution in [0.2, 0.25) is 0 Å². The van der Waals surface area contributed by atoms with Gasteiger partial charge >= 0.3 is 5.97 Å². The standard InChI is InChI=1S/C21H22N2O5S/c1-13(24)23-17(12-29-20(23)18-6-3-9-27-18)21(26)28-11-19(25)22-16-8-7-14-4-2-5-15(14)10-16/h3,6-10,17,20H,2,4-5,11-12H2,1H3,(H,22,25)/t17-,20+/m0/s1. The van der Waals surface area contributed by atoms with Crippen LogP contribution in [-0.2, 0) is 32.0 Å². The Labute approximate surface area is 172 Å². The summed E-state index contributed by atoms with van der Waals surface area (Å²) in [5.74, 6) is -0.253. The van der Waals surface area contributed by atoms with E-state index in [4.69, 9.17) is 9.15 Å². The average Bonchev–Trinajstić information content (AvgIpc) is 3.44. The molecule has 1 aromatic heterocycles. The van der Waals surface area contributed by atoms with Crippen LogP contribution in [0.1, 0.15) is 35.6 Å². The number of amides is 2. The lowest BCUT2D eigenvalue weighted by molar-refractivity contribution is -0.155. The monoisotopic (exact) mass is 414 g/mol. The minimum atomic E-state index is -0.750. The largest absolute Gasteiger partial charge is 0.466 e. The van der Waals surface area contributed by atoms with Gasteiger partial charge in [-0.05, 0) is 54.7 Å². The summed E-state index contributed by atoms with van der Waals surface area (Å²) in [4.78, 5) is 38.3. The van der Waals surface area contributed by atoms with Crippen molar-refractivity contribution in [3.05, 3.63) is 53.5 Å². The van der Waals surface area contributed by atoms with Gasteiger partial charge in [-0.1, -0.05) is 6.07 Å². The van der Waals surface area contributed by atoms with Crippen LogP contribution in [0.15, 0.2) is 41.0 Å². The number of carbonyl (C=O) groups is 3. The molecule has 2 aliphatic rings. The highest BCUT2D eigenvalue weighted by Gasteiger charge is 2.43. The number of furan rings is 1. The molecule has 8 heteroatoms. The van der Waals surface area contributed by atoms with Crippen LogP contribution in [0.4, 0.5) is 5.69 Å². The Morgan fingerprint density at radius 1 is 1.24 bits per heavy atom. The topological polar surface area (TPSA) is 88.8 Å². The molecule has 1 fully saturated rings. The fourth-order valence-electron chi connectivity index (χ4n) is 3.80. The summed E-state index contributed by atoms with van der Waals surface area (Å²) in [5.41, 5.74) is 3.28. The van der Waals surface area contributed by atoms with Gasteiger partial charge < -0.3 is 19.4 Å². The number of hydrogen-bond acceptors (Lipinski definition) is 6. The summed E-state index contributed by atoms with van der Waals surface area (Å²) in [6, 6.07) is 8.62. The fourth-order valence-corrected chi connectivity index (χ4v) is 5.22. The average molecular weight is 414 g/mol. The summed E-state index contributed by atoms with van der Waals surface area (Å²) in [6.45, 7) is 1.01. The third-order valence-corrected chi connectivity index (χ3v) is 6.43. The van der Waals surface area contributed by atoms with Gasteiger partial charge in [0.15, 0.2) is 6.61 Å². The first-order chi connectivity index (χ1) is 14.0. The van der Waals surface area contributed by atoms with Gasteiger partial charge in [-0.2, -0.15) is 0 Å². The van der Waals surface area contributed by atoms with Gasteiger partial charge in [-0.3, -0.25) is 9.59 Å². The van der Waals surface area contributed by atoms with E-state index in [1.54, 1.807) is 12.1 Å². The van der Waals surface area contributed by atoms with E-state index in [1.165, 1.54) is 41.0 Å². The summed E-state index contributed by atoms with van der Waals surface area (Å²) < 4.78 is 10.6. The van der Waals surface area contributed by atoms with Crippen molar-refractivity contribution in [3.63, 3.8) is 0 Å². The second kappa shape index (κ2) is 8.32. The Hall–Kier alpha value is -2.74. The van der Waals surface area contributed by atoms with Crippen molar-refractivity contribution < 1.29 is 23.5 Å². The number of anilines is 1. The maximum Gasteiger partial charge on any atom is 0.330 e. The maximum atomic E-state index is 12.5. The van der Waals surface area contributed by atoms with E-state index < -0.39 is 24.5 Å². The summed E-state index contributed by atoms with van der Waals surface area (Å²) >= 11 is 1.43. The molecule has 0 bridgehead atoms. The van der Waals surface area contributed by atoms with E-state index in [2.05, 4.69) is 5.32 Å². The number of hydrogen-bond donors (Lipinski definition) is 1. The van der Waals surface area contributed by atoms with Crippen LogP contribution < -0.4 is 5.32 Å². The Balaban J connectivity index is 1.34. The second-order valence-electron chi connectivity index (χ2n) is 7.14. The highest BCUT2D eigenvalue weighted by atomic mass is 32.2. The SMILES string of the molecule is CC(=O)N1[C@@H](c2ccco2)SC[C@H]1C(=O)OCC(=O)Nc1ccc2c(c1)CCC2. The first-order valence-electron chi connectivity index (χ1n) is 9.55. The van der Waals surface area contributed by atoms with Crippen molar-refractivity contribution in [2.75, 3.05) is 17.7 Å². The number of carbonyl (C=O) groups excluding carboxylic acids is 3. The molecular weight excluding hydrogens is 392 g/mol. The van der Waals surface area contributed by atoms with Gasteiger partial charge in [0, 0.05) is 18.4 Å².